The van der Waals surface area contributed by atoms with Gasteiger partial charge in [0.1, 0.15) is 0 Å². The summed E-state index contributed by atoms with van der Waals surface area (Å²) in [6, 6.07) is 0. The molecule has 88 valence electrons. The molecule has 1 N–H and O–H groups in total. The van der Waals surface area contributed by atoms with Crippen molar-refractivity contribution >= 4 is 5.97 Å². The summed E-state index contributed by atoms with van der Waals surface area (Å²) in [5.74, 6) is -0.937. The predicted molar refractivity (Wildman–Crippen MR) is 47.5 cm³/mol. The van der Waals surface area contributed by atoms with Crippen molar-refractivity contribution in [2.45, 2.75) is 25.4 Å². The number of halogens is 3. The Hall–Kier alpha value is -0.780. The molecule has 0 unspecified atom stereocenters. The lowest BCUT2D eigenvalue weighted by Gasteiger charge is -2.23. The van der Waals surface area contributed by atoms with Crippen molar-refractivity contribution in [2.75, 3.05) is 20.1 Å². The lowest BCUT2D eigenvalue weighted by molar-refractivity contribution is -0.145. The first kappa shape index (κ1) is 12.3. The molecule has 0 saturated heterocycles. The van der Waals surface area contributed by atoms with Crippen molar-refractivity contribution in [3.8, 4) is 0 Å². The summed E-state index contributed by atoms with van der Waals surface area (Å²) in [6.45, 7) is -0.771. The molecule has 1 saturated carbocycles. The highest BCUT2D eigenvalue weighted by Gasteiger charge is 2.46. The Bertz CT molecular complexity index is 248. The summed E-state index contributed by atoms with van der Waals surface area (Å²) in [7, 11) is 1.37. The van der Waals surface area contributed by atoms with Gasteiger partial charge in [-0.2, -0.15) is 13.2 Å². The first-order chi connectivity index (χ1) is 6.72. The third kappa shape index (κ3) is 4.51. The van der Waals surface area contributed by atoms with E-state index in [4.69, 9.17) is 5.11 Å². The van der Waals surface area contributed by atoms with Gasteiger partial charge in [0, 0.05) is 6.54 Å². The van der Waals surface area contributed by atoms with E-state index in [0.717, 1.165) is 4.90 Å². The van der Waals surface area contributed by atoms with Gasteiger partial charge in [-0.25, -0.2) is 0 Å². The van der Waals surface area contributed by atoms with Gasteiger partial charge in [-0.3, -0.25) is 9.69 Å². The second-order valence-corrected chi connectivity index (χ2v) is 4.36. The molecule has 0 bridgehead atoms. The predicted octanol–water partition coefficient (Wildman–Crippen LogP) is 1.74. The number of aliphatic carboxylic acids is 1. The zero-order chi connectivity index (χ0) is 11.7. The highest BCUT2D eigenvalue weighted by atomic mass is 19.4. The van der Waals surface area contributed by atoms with Gasteiger partial charge in [0.05, 0.1) is 13.0 Å². The molecule has 6 heteroatoms. The Balaban J connectivity index is 2.38. The van der Waals surface area contributed by atoms with Crippen LogP contribution >= 0.6 is 0 Å². The van der Waals surface area contributed by atoms with Crippen molar-refractivity contribution in [3.63, 3.8) is 0 Å². The quantitative estimate of drug-likeness (QED) is 0.774. The fourth-order valence-electron chi connectivity index (χ4n) is 1.82. The summed E-state index contributed by atoms with van der Waals surface area (Å²) in [4.78, 5) is 11.6. The molecule has 0 atom stereocenters. The topological polar surface area (TPSA) is 40.5 Å². The van der Waals surface area contributed by atoms with Gasteiger partial charge < -0.3 is 5.11 Å². The van der Waals surface area contributed by atoms with E-state index in [9.17, 15) is 18.0 Å². The van der Waals surface area contributed by atoms with Gasteiger partial charge in [0.15, 0.2) is 0 Å². The number of hydrogen-bond acceptors (Lipinski definition) is 2. The van der Waals surface area contributed by atoms with Gasteiger partial charge in [0.25, 0.3) is 0 Å². The van der Waals surface area contributed by atoms with Crippen LogP contribution in [0.2, 0.25) is 0 Å². The van der Waals surface area contributed by atoms with E-state index < -0.39 is 24.1 Å². The lowest BCUT2D eigenvalue weighted by Crippen LogP contribution is -2.35. The van der Waals surface area contributed by atoms with E-state index in [2.05, 4.69) is 0 Å². The third-order valence-electron chi connectivity index (χ3n) is 2.54. The smallest absolute Gasteiger partial charge is 0.401 e. The number of rotatable bonds is 5. The van der Waals surface area contributed by atoms with Gasteiger partial charge in [-0.15, -0.1) is 0 Å². The summed E-state index contributed by atoms with van der Waals surface area (Å²) >= 11 is 0. The van der Waals surface area contributed by atoms with E-state index >= 15 is 0 Å². The molecule has 1 aliphatic carbocycles. The summed E-state index contributed by atoms with van der Waals surface area (Å²) in [5, 5.41) is 8.59. The first-order valence-electron chi connectivity index (χ1n) is 4.70. The maximum atomic E-state index is 12.0. The molecular weight excluding hydrogens is 211 g/mol. The van der Waals surface area contributed by atoms with Crippen LogP contribution < -0.4 is 0 Å². The van der Waals surface area contributed by atoms with E-state index in [1.165, 1.54) is 7.05 Å². The highest BCUT2D eigenvalue weighted by molar-refractivity contribution is 5.68. The largest absolute Gasteiger partial charge is 0.481 e. The van der Waals surface area contributed by atoms with Crippen LogP contribution in [0.5, 0.6) is 0 Å². The summed E-state index contributed by atoms with van der Waals surface area (Å²) in [6.07, 6.45) is -2.83. The molecule has 3 nitrogen and oxygen atoms in total. The molecule has 1 rings (SSSR count). The second kappa shape index (κ2) is 4.00. The molecule has 0 aromatic rings. The number of carbonyl (C=O) groups is 1. The first-order valence-corrected chi connectivity index (χ1v) is 4.70. The molecule has 0 aromatic heterocycles. The van der Waals surface area contributed by atoms with Crippen molar-refractivity contribution in [3.05, 3.63) is 0 Å². The van der Waals surface area contributed by atoms with Crippen LogP contribution in [0.15, 0.2) is 0 Å². The Morgan fingerprint density at radius 1 is 1.47 bits per heavy atom. The van der Waals surface area contributed by atoms with Crippen LogP contribution in [-0.4, -0.2) is 42.3 Å². The molecular formula is C9H14F3NO2. The van der Waals surface area contributed by atoms with Crippen LogP contribution in [0.4, 0.5) is 13.2 Å². The van der Waals surface area contributed by atoms with Crippen molar-refractivity contribution in [2.24, 2.45) is 5.41 Å². The van der Waals surface area contributed by atoms with Crippen LogP contribution in [0.25, 0.3) is 0 Å². The van der Waals surface area contributed by atoms with Crippen LogP contribution in [0.1, 0.15) is 19.3 Å². The minimum Gasteiger partial charge on any atom is -0.481 e. The average Bonchev–Trinajstić information content (AvgIpc) is 2.61. The molecule has 15 heavy (non-hydrogen) atoms. The van der Waals surface area contributed by atoms with Crippen molar-refractivity contribution in [1.29, 1.82) is 0 Å². The summed E-state index contributed by atoms with van der Waals surface area (Å²) in [5.41, 5.74) is -0.411. The fraction of sp³-hybridized carbons (Fsp3) is 0.889. The van der Waals surface area contributed by atoms with Crippen molar-refractivity contribution in [1.82, 2.24) is 4.90 Å². The Morgan fingerprint density at radius 3 is 2.33 bits per heavy atom. The monoisotopic (exact) mass is 225 g/mol. The minimum atomic E-state index is -4.21. The highest BCUT2D eigenvalue weighted by Crippen LogP contribution is 2.49. The Kier molecular flexibility index (Phi) is 3.28. The Morgan fingerprint density at radius 2 is 2.00 bits per heavy atom. The van der Waals surface area contributed by atoms with E-state index in [-0.39, 0.29) is 13.0 Å². The fourth-order valence-corrected chi connectivity index (χ4v) is 1.82. The molecule has 0 spiro atoms. The zero-order valence-corrected chi connectivity index (χ0v) is 8.47. The standard InChI is InChI=1S/C9H14F3NO2/c1-13(6-9(10,11)12)5-8(2-3-8)4-7(14)15/h2-6H2,1H3,(H,14,15). The molecule has 1 aliphatic rings. The number of nitrogens with zero attached hydrogens (tertiary/aromatic N) is 1. The van der Waals surface area contributed by atoms with E-state index in [0.29, 0.717) is 12.8 Å². The molecule has 0 radical (unpaired) electrons. The number of alkyl halides is 3. The number of hydrogen-bond donors (Lipinski definition) is 1. The SMILES string of the molecule is CN(CC(F)(F)F)CC1(CC(=O)O)CC1. The van der Waals surface area contributed by atoms with Crippen LogP contribution in [-0.2, 0) is 4.79 Å². The molecule has 1 fully saturated rings. The van der Waals surface area contributed by atoms with Crippen molar-refractivity contribution < 1.29 is 23.1 Å². The van der Waals surface area contributed by atoms with Gasteiger partial charge in [-0.05, 0) is 25.3 Å². The van der Waals surface area contributed by atoms with Gasteiger partial charge in [0.2, 0.25) is 0 Å². The second-order valence-electron chi connectivity index (χ2n) is 4.36. The molecule has 0 aromatic carbocycles. The molecule has 0 aliphatic heterocycles. The maximum absolute atomic E-state index is 12.0. The number of carboxylic acid groups (broad SMARTS) is 1. The van der Waals surface area contributed by atoms with Crippen LogP contribution in [0, 0.1) is 5.41 Å². The van der Waals surface area contributed by atoms with Crippen LogP contribution in [0.3, 0.4) is 0 Å². The zero-order valence-electron chi connectivity index (χ0n) is 8.47. The minimum absolute atomic E-state index is 0.0325. The third-order valence-corrected chi connectivity index (χ3v) is 2.54. The van der Waals surface area contributed by atoms with E-state index in [1.807, 2.05) is 0 Å². The molecule has 0 heterocycles. The average molecular weight is 225 g/mol. The summed E-state index contributed by atoms with van der Waals surface area (Å²) < 4.78 is 36.0. The van der Waals surface area contributed by atoms with Gasteiger partial charge in [-0.1, -0.05) is 0 Å². The lowest BCUT2D eigenvalue weighted by atomic mass is 10.0. The normalized spacial score (nSPS) is 19.3. The molecule has 0 amide bonds. The maximum Gasteiger partial charge on any atom is 0.401 e. The Labute approximate surface area is 85.9 Å². The van der Waals surface area contributed by atoms with E-state index in [1.54, 1.807) is 0 Å². The number of carboxylic acids is 1. The van der Waals surface area contributed by atoms with Gasteiger partial charge >= 0.3 is 12.1 Å².